The van der Waals surface area contributed by atoms with Crippen molar-refractivity contribution in [3.8, 4) is 0 Å². The number of hydrogen-bond acceptors (Lipinski definition) is 3. The molecule has 128 valence electrons. The average Bonchev–Trinajstić information content (AvgIpc) is 2.75. The van der Waals surface area contributed by atoms with Crippen molar-refractivity contribution in [3.05, 3.63) is 54.1 Å². The molecule has 2 heterocycles. The van der Waals surface area contributed by atoms with Gasteiger partial charge in [-0.1, -0.05) is 42.0 Å². The van der Waals surface area contributed by atoms with E-state index in [1.54, 1.807) is 23.5 Å². The van der Waals surface area contributed by atoms with Crippen LogP contribution in [0.1, 0.15) is 24.8 Å². The van der Waals surface area contributed by atoms with Crippen molar-refractivity contribution in [2.75, 3.05) is 7.11 Å². The van der Waals surface area contributed by atoms with E-state index in [4.69, 9.17) is 4.74 Å². The molecule has 0 amide bonds. The second-order valence-corrected chi connectivity index (χ2v) is 8.86. The van der Waals surface area contributed by atoms with Gasteiger partial charge in [-0.15, -0.1) is 0 Å². The number of sulfonamides is 1. The first-order valence-corrected chi connectivity index (χ1v) is 9.94. The summed E-state index contributed by atoms with van der Waals surface area (Å²) >= 11 is 0. The first-order chi connectivity index (χ1) is 11.5. The van der Waals surface area contributed by atoms with Crippen LogP contribution < -0.4 is 0 Å². The quantitative estimate of drug-likeness (QED) is 0.845. The van der Waals surface area contributed by atoms with Gasteiger partial charge in [0.1, 0.15) is 5.72 Å². The molecule has 5 heteroatoms. The monoisotopic (exact) mass is 345 g/mol. The van der Waals surface area contributed by atoms with Gasteiger partial charge in [0.05, 0.1) is 4.90 Å². The number of fused-ring (bicyclic) bond motifs is 6. The van der Waals surface area contributed by atoms with Crippen molar-refractivity contribution < 1.29 is 13.2 Å². The van der Waals surface area contributed by atoms with Gasteiger partial charge >= 0.3 is 0 Å². The van der Waals surface area contributed by atoms with Gasteiger partial charge in [0.2, 0.25) is 10.0 Å². The number of ether oxygens (including phenoxy) is 1. The standard InChI is InChI=1S/C19H23NO3S/c1-14-7-9-17(10-8-14)24(21,22)20-18-11-12-19(20,23-2)16-6-4-3-5-15(18)13-16/h3-10,15-16,18H,11-13H2,1-2H3. The van der Waals surface area contributed by atoms with Crippen molar-refractivity contribution in [2.24, 2.45) is 11.8 Å². The minimum atomic E-state index is -3.60. The van der Waals surface area contributed by atoms with E-state index >= 15 is 0 Å². The fourth-order valence-corrected chi connectivity index (χ4v) is 6.66. The highest BCUT2D eigenvalue weighted by Crippen LogP contribution is 2.54. The first kappa shape index (κ1) is 16.1. The Balaban J connectivity index is 1.85. The SMILES string of the molecule is COC12CCC(C3C=CC=CC1C3)N2S(=O)(=O)c1ccc(C)cc1. The molecule has 24 heavy (non-hydrogen) atoms. The molecule has 0 saturated carbocycles. The third-order valence-corrected chi connectivity index (χ3v) is 7.78. The van der Waals surface area contributed by atoms with Crippen LogP contribution in [0, 0.1) is 18.8 Å². The van der Waals surface area contributed by atoms with Crippen LogP contribution in [0.2, 0.25) is 0 Å². The molecule has 0 spiro atoms. The molecule has 1 aromatic carbocycles. The van der Waals surface area contributed by atoms with Crippen LogP contribution in [0.3, 0.4) is 0 Å². The molecule has 0 aromatic heterocycles. The van der Waals surface area contributed by atoms with E-state index in [-0.39, 0.29) is 17.9 Å². The molecule has 4 bridgehead atoms. The molecule has 0 N–H and O–H groups in total. The second-order valence-electron chi connectivity index (χ2n) is 7.04. The van der Waals surface area contributed by atoms with Gasteiger partial charge in [-0.3, -0.25) is 0 Å². The molecule has 4 rings (SSSR count). The van der Waals surface area contributed by atoms with Crippen molar-refractivity contribution >= 4 is 10.0 Å². The van der Waals surface area contributed by atoms with Crippen LogP contribution in [-0.2, 0) is 14.8 Å². The molecule has 2 aliphatic heterocycles. The smallest absolute Gasteiger partial charge is 0.245 e. The summed E-state index contributed by atoms with van der Waals surface area (Å²) in [6.07, 6.45) is 10.9. The van der Waals surface area contributed by atoms with Gasteiger partial charge in [-0.05, 0) is 44.2 Å². The van der Waals surface area contributed by atoms with Gasteiger partial charge in [0.25, 0.3) is 0 Å². The predicted molar refractivity (Wildman–Crippen MR) is 92.8 cm³/mol. The topological polar surface area (TPSA) is 46.6 Å². The molecule has 1 aliphatic carbocycles. The summed E-state index contributed by atoms with van der Waals surface area (Å²) in [5.74, 6) is 0.331. The maximum Gasteiger partial charge on any atom is 0.245 e. The normalized spacial score (nSPS) is 35.2. The van der Waals surface area contributed by atoms with E-state index in [9.17, 15) is 8.42 Å². The van der Waals surface area contributed by atoms with Crippen LogP contribution in [0.5, 0.6) is 0 Å². The number of piperidine rings is 1. The van der Waals surface area contributed by atoms with Crippen LogP contribution in [0.4, 0.5) is 0 Å². The summed E-state index contributed by atoms with van der Waals surface area (Å²) in [6, 6.07) is 7.09. The van der Waals surface area contributed by atoms with E-state index in [2.05, 4.69) is 12.2 Å². The molecule has 4 nitrogen and oxygen atoms in total. The summed E-state index contributed by atoms with van der Waals surface area (Å²) in [5, 5.41) is 0. The van der Waals surface area contributed by atoms with Crippen molar-refractivity contribution in [1.82, 2.24) is 4.31 Å². The van der Waals surface area contributed by atoms with Gasteiger partial charge in [0.15, 0.2) is 0 Å². The second kappa shape index (κ2) is 5.55. The van der Waals surface area contributed by atoms with E-state index in [0.717, 1.165) is 24.8 Å². The maximum atomic E-state index is 13.5. The highest BCUT2D eigenvalue weighted by Gasteiger charge is 2.61. The largest absolute Gasteiger partial charge is 0.362 e. The number of rotatable bonds is 3. The Labute approximate surface area is 143 Å². The molecular formula is C19H23NO3S. The molecule has 3 aliphatic rings. The number of aryl methyl sites for hydroxylation is 1. The number of allylic oxidation sites excluding steroid dienone is 2. The summed E-state index contributed by atoms with van der Waals surface area (Å²) in [7, 11) is -1.96. The lowest BCUT2D eigenvalue weighted by atomic mass is 9.83. The van der Waals surface area contributed by atoms with Crippen LogP contribution in [0.25, 0.3) is 0 Å². The van der Waals surface area contributed by atoms with Gasteiger partial charge in [0, 0.05) is 19.1 Å². The predicted octanol–water partition coefficient (Wildman–Crippen LogP) is 3.25. The minimum Gasteiger partial charge on any atom is -0.362 e. The van der Waals surface area contributed by atoms with Gasteiger partial charge in [-0.2, -0.15) is 4.31 Å². The number of nitrogens with zero attached hydrogens (tertiary/aromatic N) is 1. The van der Waals surface area contributed by atoms with E-state index in [1.807, 2.05) is 31.2 Å². The lowest BCUT2D eigenvalue weighted by Crippen LogP contribution is -2.60. The van der Waals surface area contributed by atoms with Crippen LogP contribution in [0.15, 0.2) is 53.5 Å². The van der Waals surface area contributed by atoms with Crippen molar-refractivity contribution in [3.63, 3.8) is 0 Å². The summed E-state index contributed by atoms with van der Waals surface area (Å²) < 4.78 is 34.5. The Hall–Kier alpha value is -1.43. The van der Waals surface area contributed by atoms with E-state index < -0.39 is 15.7 Å². The zero-order valence-electron chi connectivity index (χ0n) is 14.1. The Bertz CT molecular complexity index is 796. The Morgan fingerprint density at radius 3 is 2.58 bits per heavy atom. The third kappa shape index (κ3) is 2.15. The number of methoxy groups -OCH3 is 1. The van der Waals surface area contributed by atoms with Crippen LogP contribution in [-0.4, -0.2) is 31.6 Å². The van der Waals surface area contributed by atoms with E-state index in [0.29, 0.717) is 4.90 Å². The zero-order chi connectivity index (χ0) is 16.9. The highest BCUT2D eigenvalue weighted by atomic mass is 32.2. The third-order valence-electron chi connectivity index (χ3n) is 5.82. The fraction of sp³-hybridized carbons (Fsp3) is 0.474. The molecule has 4 atom stereocenters. The van der Waals surface area contributed by atoms with Crippen molar-refractivity contribution in [2.45, 2.75) is 42.8 Å². The Kier molecular flexibility index (Phi) is 3.71. The molecule has 1 aromatic rings. The fourth-order valence-electron chi connectivity index (χ4n) is 4.62. The van der Waals surface area contributed by atoms with Gasteiger partial charge < -0.3 is 4.74 Å². The zero-order valence-corrected chi connectivity index (χ0v) is 14.9. The Morgan fingerprint density at radius 1 is 1.17 bits per heavy atom. The first-order valence-electron chi connectivity index (χ1n) is 8.50. The number of benzene rings is 1. The molecular weight excluding hydrogens is 322 g/mol. The van der Waals surface area contributed by atoms with Gasteiger partial charge in [-0.25, -0.2) is 8.42 Å². The Morgan fingerprint density at radius 2 is 1.88 bits per heavy atom. The molecule has 0 radical (unpaired) electrons. The highest BCUT2D eigenvalue weighted by molar-refractivity contribution is 7.89. The van der Waals surface area contributed by atoms with Crippen molar-refractivity contribution in [1.29, 1.82) is 0 Å². The maximum absolute atomic E-state index is 13.5. The molecule has 2 fully saturated rings. The summed E-state index contributed by atoms with van der Waals surface area (Å²) in [5.41, 5.74) is 0.296. The molecule has 2 saturated heterocycles. The summed E-state index contributed by atoms with van der Waals surface area (Å²) in [6.45, 7) is 1.96. The minimum absolute atomic E-state index is 0.0244. The lowest BCUT2D eigenvalue weighted by molar-refractivity contribution is -0.135. The summed E-state index contributed by atoms with van der Waals surface area (Å²) in [4.78, 5) is 0.355. The number of hydrogen-bond donors (Lipinski definition) is 0. The van der Waals surface area contributed by atoms with Crippen LogP contribution >= 0.6 is 0 Å². The molecule has 4 unspecified atom stereocenters. The average molecular weight is 345 g/mol. The van der Waals surface area contributed by atoms with E-state index in [1.165, 1.54) is 0 Å². The lowest BCUT2D eigenvalue weighted by Gasteiger charge is -2.48.